The van der Waals surface area contributed by atoms with Gasteiger partial charge >= 0.3 is 0 Å². The van der Waals surface area contributed by atoms with Crippen LogP contribution in [0.3, 0.4) is 0 Å². The molecule has 2 aromatic rings. The molecular weight excluding hydrogens is 380 g/mol. The minimum absolute atomic E-state index is 0.106. The van der Waals surface area contributed by atoms with Gasteiger partial charge in [-0.3, -0.25) is 24.0 Å². The van der Waals surface area contributed by atoms with Crippen LogP contribution in [0.5, 0.6) is 0 Å². The summed E-state index contributed by atoms with van der Waals surface area (Å²) < 4.78 is 2.03. The molecule has 0 bridgehead atoms. The second kappa shape index (κ2) is 6.52. The van der Waals surface area contributed by atoms with Crippen molar-refractivity contribution in [3.63, 3.8) is 0 Å². The molecule has 0 unspecified atom stereocenters. The van der Waals surface area contributed by atoms with Crippen molar-refractivity contribution >= 4 is 17.7 Å². The lowest BCUT2D eigenvalue weighted by atomic mass is 10.0. The maximum absolute atomic E-state index is 13.2. The Bertz CT molecular complexity index is 1070. The molecule has 0 saturated carbocycles. The normalized spacial score (nSPS) is 16.7. The molecule has 0 saturated heterocycles. The van der Waals surface area contributed by atoms with Crippen LogP contribution in [0.2, 0.25) is 0 Å². The van der Waals surface area contributed by atoms with Gasteiger partial charge in [0.05, 0.1) is 22.9 Å². The van der Waals surface area contributed by atoms with E-state index in [4.69, 9.17) is 0 Å². The van der Waals surface area contributed by atoms with Gasteiger partial charge in [0.1, 0.15) is 0 Å². The van der Waals surface area contributed by atoms with E-state index in [-0.39, 0.29) is 23.3 Å². The lowest BCUT2D eigenvalue weighted by Crippen LogP contribution is -2.45. The predicted octanol–water partition coefficient (Wildman–Crippen LogP) is 3.23. The van der Waals surface area contributed by atoms with Crippen LogP contribution in [0, 0.1) is 0 Å². The van der Waals surface area contributed by atoms with Gasteiger partial charge in [0, 0.05) is 41.9 Å². The number of aromatic nitrogens is 2. The summed E-state index contributed by atoms with van der Waals surface area (Å²) in [6.07, 6.45) is 2.57. The number of carbonyl (C=O) groups excluding carboxylic acids is 3. The Morgan fingerprint density at radius 1 is 0.967 bits per heavy atom. The standard InChI is InChI=1S/C23H28N4O3/c1-22(2,3)26-20(29)16-8-7-14(11-17(16)21(26)30)19(28)25-10-9-18-15(13-25)12-24-27(18)23(4,5)6/h7-8,11-12H,9-10,13H2,1-6H3. The van der Waals surface area contributed by atoms with Gasteiger partial charge in [0.25, 0.3) is 17.7 Å². The van der Waals surface area contributed by atoms with E-state index in [9.17, 15) is 14.4 Å². The molecule has 0 spiro atoms. The summed E-state index contributed by atoms with van der Waals surface area (Å²) >= 11 is 0. The van der Waals surface area contributed by atoms with Crippen LogP contribution in [0.15, 0.2) is 24.4 Å². The second-order valence-corrected chi connectivity index (χ2v) is 10.1. The molecule has 2 aliphatic heterocycles. The summed E-state index contributed by atoms with van der Waals surface area (Å²) in [6, 6.07) is 4.81. The maximum Gasteiger partial charge on any atom is 0.262 e. The first-order chi connectivity index (χ1) is 13.9. The van der Waals surface area contributed by atoms with Crippen molar-refractivity contribution in [2.24, 2.45) is 0 Å². The number of fused-ring (bicyclic) bond motifs is 2. The predicted molar refractivity (Wildman–Crippen MR) is 112 cm³/mol. The van der Waals surface area contributed by atoms with Crippen LogP contribution < -0.4 is 0 Å². The number of rotatable bonds is 1. The zero-order valence-corrected chi connectivity index (χ0v) is 18.4. The minimum Gasteiger partial charge on any atom is -0.334 e. The van der Waals surface area contributed by atoms with E-state index < -0.39 is 5.54 Å². The summed E-state index contributed by atoms with van der Waals surface area (Å²) in [5.74, 6) is -0.787. The van der Waals surface area contributed by atoms with Gasteiger partial charge in [-0.1, -0.05) is 0 Å². The Balaban J connectivity index is 1.60. The number of hydrogen-bond acceptors (Lipinski definition) is 4. The van der Waals surface area contributed by atoms with Crippen molar-refractivity contribution in [2.75, 3.05) is 6.54 Å². The maximum atomic E-state index is 13.2. The largest absolute Gasteiger partial charge is 0.334 e. The van der Waals surface area contributed by atoms with Crippen LogP contribution in [0.4, 0.5) is 0 Å². The zero-order valence-electron chi connectivity index (χ0n) is 18.4. The van der Waals surface area contributed by atoms with Crippen LogP contribution in [0.25, 0.3) is 0 Å². The molecule has 2 aliphatic rings. The first kappa shape index (κ1) is 20.3. The Morgan fingerprint density at radius 2 is 1.63 bits per heavy atom. The Labute approximate surface area is 176 Å². The highest BCUT2D eigenvalue weighted by Crippen LogP contribution is 2.31. The molecule has 0 aliphatic carbocycles. The third kappa shape index (κ3) is 3.13. The van der Waals surface area contributed by atoms with Gasteiger partial charge in [-0.05, 0) is 59.7 Å². The Kier molecular flexibility index (Phi) is 4.42. The highest BCUT2D eigenvalue weighted by atomic mass is 16.2. The summed E-state index contributed by atoms with van der Waals surface area (Å²) in [6.45, 7) is 12.9. The van der Waals surface area contributed by atoms with Crippen LogP contribution in [0.1, 0.15) is 83.9 Å². The summed E-state index contributed by atoms with van der Waals surface area (Å²) in [5.41, 5.74) is 2.59. The molecule has 158 valence electrons. The Hall–Kier alpha value is -2.96. The third-order valence-corrected chi connectivity index (χ3v) is 5.66. The van der Waals surface area contributed by atoms with Crippen LogP contribution in [-0.4, -0.2) is 49.4 Å². The van der Waals surface area contributed by atoms with Gasteiger partial charge < -0.3 is 4.90 Å². The number of hydrogen-bond donors (Lipinski definition) is 0. The van der Waals surface area contributed by atoms with Crippen molar-refractivity contribution in [2.45, 2.75) is 65.6 Å². The van der Waals surface area contributed by atoms with Crippen molar-refractivity contribution < 1.29 is 14.4 Å². The van der Waals surface area contributed by atoms with E-state index in [0.717, 1.165) is 12.0 Å². The fourth-order valence-corrected chi connectivity index (χ4v) is 4.25. The molecule has 1 aromatic heterocycles. The fraction of sp³-hybridized carbons (Fsp3) is 0.478. The van der Waals surface area contributed by atoms with E-state index in [2.05, 4.69) is 25.9 Å². The van der Waals surface area contributed by atoms with Crippen molar-refractivity contribution in [3.05, 3.63) is 52.3 Å². The first-order valence-electron chi connectivity index (χ1n) is 10.3. The Morgan fingerprint density at radius 3 is 2.27 bits per heavy atom. The summed E-state index contributed by atoms with van der Waals surface area (Å²) in [4.78, 5) is 41.7. The third-order valence-electron chi connectivity index (χ3n) is 5.66. The first-order valence-corrected chi connectivity index (χ1v) is 10.3. The number of carbonyl (C=O) groups is 3. The highest BCUT2D eigenvalue weighted by molar-refractivity contribution is 6.22. The van der Waals surface area contributed by atoms with Gasteiger partial charge in [0.15, 0.2) is 0 Å². The van der Waals surface area contributed by atoms with Crippen LogP contribution in [-0.2, 0) is 18.5 Å². The zero-order chi connectivity index (χ0) is 22.0. The van der Waals surface area contributed by atoms with E-state index >= 15 is 0 Å². The lowest BCUT2D eigenvalue weighted by Gasteiger charge is -2.30. The van der Waals surface area contributed by atoms with E-state index in [1.54, 1.807) is 23.1 Å². The molecular formula is C23H28N4O3. The van der Waals surface area contributed by atoms with Crippen molar-refractivity contribution in [1.82, 2.24) is 19.6 Å². The molecule has 0 radical (unpaired) electrons. The van der Waals surface area contributed by atoms with E-state index in [1.807, 2.05) is 31.6 Å². The molecule has 1 aromatic carbocycles. The number of nitrogens with zero attached hydrogens (tertiary/aromatic N) is 4. The van der Waals surface area contributed by atoms with E-state index in [1.165, 1.54) is 10.6 Å². The molecule has 4 rings (SSSR count). The van der Waals surface area contributed by atoms with Crippen molar-refractivity contribution in [3.8, 4) is 0 Å². The number of imide groups is 1. The topological polar surface area (TPSA) is 75.5 Å². The lowest BCUT2D eigenvalue weighted by molar-refractivity contribution is 0.0507. The smallest absolute Gasteiger partial charge is 0.262 e. The molecule has 30 heavy (non-hydrogen) atoms. The van der Waals surface area contributed by atoms with E-state index in [0.29, 0.717) is 29.8 Å². The molecule has 3 heterocycles. The highest BCUT2D eigenvalue weighted by Gasteiger charge is 2.42. The second-order valence-electron chi connectivity index (χ2n) is 10.1. The minimum atomic E-state index is -0.617. The SMILES string of the molecule is CC(C)(C)N1C(=O)c2ccc(C(=O)N3CCc4c(cnn4C(C)(C)C)C3)cc2C1=O. The van der Waals surface area contributed by atoms with Gasteiger partial charge in [0.2, 0.25) is 0 Å². The molecule has 0 N–H and O–H groups in total. The average molecular weight is 409 g/mol. The quantitative estimate of drug-likeness (QED) is 0.679. The van der Waals surface area contributed by atoms with Gasteiger partial charge in [-0.15, -0.1) is 0 Å². The monoisotopic (exact) mass is 408 g/mol. The van der Waals surface area contributed by atoms with Gasteiger partial charge in [-0.2, -0.15) is 5.10 Å². The molecule has 7 nitrogen and oxygen atoms in total. The molecule has 7 heteroatoms. The van der Waals surface area contributed by atoms with Crippen molar-refractivity contribution in [1.29, 1.82) is 0 Å². The molecule has 0 atom stereocenters. The summed E-state index contributed by atoms with van der Waals surface area (Å²) in [7, 11) is 0. The molecule has 3 amide bonds. The van der Waals surface area contributed by atoms with Gasteiger partial charge in [-0.25, -0.2) is 0 Å². The fourth-order valence-electron chi connectivity index (χ4n) is 4.25. The number of amides is 3. The number of benzene rings is 1. The summed E-state index contributed by atoms with van der Waals surface area (Å²) in [5, 5.41) is 4.52. The van der Waals surface area contributed by atoms with Crippen LogP contribution >= 0.6 is 0 Å². The average Bonchev–Trinajstić information content (AvgIpc) is 3.19. The molecule has 0 fully saturated rings.